The van der Waals surface area contributed by atoms with E-state index in [1.165, 1.54) is 19.3 Å². The van der Waals surface area contributed by atoms with Crippen molar-refractivity contribution < 1.29 is 14.7 Å². The van der Waals surface area contributed by atoms with Crippen LogP contribution in [-0.4, -0.2) is 47.6 Å². The Kier molecular flexibility index (Phi) is 6.03. The molecule has 2 rings (SSSR count). The molecule has 0 aliphatic heterocycles. The van der Waals surface area contributed by atoms with Crippen molar-refractivity contribution in [1.29, 1.82) is 0 Å². The summed E-state index contributed by atoms with van der Waals surface area (Å²) in [5.74, 6) is -0.701. The number of carbonyl (C=O) groups is 2. The predicted octanol–water partition coefficient (Wildman–Crippen LogP) is 2.01. The lowest BCUT2D eigenvalue weighted by atomic mass is 9.86. The van der Waals surface area contributed by atoms with Crippen molar-refractivity contribution in [1.82, 2.24) is 10.2 Å². The van der Waals surface area contributed by atoms with Gasteiger partial charge in [0.05, 0.1) is 12.5 Å². The molecule has 0 unspecified atom stereocenters. The Morgan fingerprint density at radius 1 is 1.05 bits per heavy atom. The van der Waals surface area contributed by atoms with Gasteiger partial charge >= 0.3 is 5.97 Å². The van der Waals surface area contributed by atoms with Crippen LogP contribution in [0, 0.1) is 5.92 Å². The number of aliphatic carboxylic acids is 1. The first-order valence-corrected chi connectivity index (χ1v) is 8.29. The number of rotatable bonds is 5. The van der Waals surface area contributed by atoms with Gasteiger partial charge in [0.25, 0.3) is 0 Å². The fourth-order valence-corrected chi connectivity index (χ4v) is 3.57. The number of carbonyl (C=O) groups excluding carboxylic acids is 1. The summed E-state index contributed by atoms with van der Waals surface area (Å²) in [5.41, 5.74) is 0. The molecule has 5 heteroatoms. The van der Waals surface area contributed by atoms with Gasteiger partial charge in [-0.3, -0.25) is 9.59 Å². The van der Waals surface area contributed by atoms with E-state index in [9.17, 15) is 9.59 Å². The van der Waals surface area contributed by atoms with E-state index >= 15 is 0 Å². The van der Waals surface area contributed by atoms with Crippen molar-refractivity contribution in [2.45, 2.75) is 69.9 Å². The van der Waals surface area contributed by atoms with E-state index in [-0.39, 0.29) is 11.8 Å². The van der Waals surface area contributed by atoms with Gasteiger partial charge in [0.2, 0.25) is 5.91 Å². The average Bonchev–Trinajstić information content (AvgIpc) is 2.53. The van der Waals surface area contributed by atoms with Crippen LogP contribution >= 0.6 is 0 Å². The second-order valence-corrected chi connectivity index (χ2v) is 6.56. The van der Waals surface area contributed by atoms with Crippen molar-refractivity contribution in [2.24, 2.45) is 5.92 Å². The standard InChI is InChI=1S/C16H28N2O3/c1-18(14-5-3-2-4-6-14)15(19)11-17-13-9-7-12(8-10-13)16(20)21/h12-14,17H,2-11H2,1H3,(H,20,21). The van der Waals surface area contributed by atoms with Crippen LogP contribution in [0.2, 0.25) is 0 Å². The highest BCUT2D eigenvalue weighted by Crippen LogP contribution is 2.24. The summed E-state index contributed by atoms with van der Waals surface area (Å²) in [5, 5.41) is 12.3. The number of hydrogen-bond donors (Lipinski definition) is 2. The summed E-state index contributed by atoms with van der Waals surface area (Å²) >= 11 is 0. The topological polar surface area (TPSA) is 69.6 Å². The lowest BCUT2D eigenvalue weighted by molar-refractivity contribution is -0.143. The molecule has 0 aromatic heterocycles. The lowest BCUT2D eigenvalue weighted by Crippen LogP contribution is -2.45. The van der Waals surface area contributed by atoms with Crippen LogP contribution in [0.25, 0.3) is 0 Å². The largest absolute Gasteiger partial charge is 0.481 e. The first-order valence-electron chi connectivity index (χ1n) is 8.29. The number of amides is 1. The van der Waals surface area contributed by atoms with Gasteiger partial charge in [0.15, 0.2) is 0 Å². The van der Waals surface area contributed by atoms with Gasteiger partial charge in [0, 0.05) is 19.1 Å². The maximum Gasteiger partial charge on any atom is 0.306 e. The van der Waals surface area contributed by atoms with E-state index in [4.69, 9.17) is 5.11 Å². The zero-order valence-electron chi connectivity index (χ0n) is 13.0. The Morgan fingerprint density at radius 3 is 2.24 bits per heavy atom. The van der Waals surface area contributed by atoms with E-state index in [1.54, 1.807) is 0 Å². The highest BCUT2D eigenvalue weighted by Gasteiger charge is 2.27. The molecule has 1 amide bonds. The summed E-state index contributed by atoms with van der Waals surface area (Å²) < 4.78 is 0. The molecule has 2 saturated carbocycles. The van der Waals surface area contributed by atoms with Gasteiger partial charge in [-0.25, -0.2) is 0 Å². The molecule has 5 nitrogen and oxygen atoms in total. The maximum absolute atomic E-state index is 12.2. The molecule has 120 valence electrons. The minimum absolute atomic E-state index is 0.169. The van der Waals surface area contributed by atoms with Crippen LogP contribution in [0.4, 0.5) is 0 Å². The van der Waals surface area contributed by atoms with Crippen LogP contribution < -0.4 is 5.32 Å². The van der Waals surface area contributed by atoms with E-state index in [1.807, 2.05) is 11.9 Å². The van der Waals surface area contributed by atoms with Gasteiger partial charge in [-0.15, -0.1) is 0 Å². The second-order valence-electron chi connectivity index (χ2n) is 6.56. The fraction of sp³-hybridized carbons (Fsp3) is 0.875. The molecule has 0 aromatic rings. The summed E-state index contributed by atoms with van der Waals surface area (Å²) in [6.45, 7) is 0.384. The van der Waals surface area contributed by atoms with Crippen LogP contribution in [0.3, 0.4) is 0 Å². The minimum atomic E-state index is -0.679. The first-order chi connectivity index (χ1) is 10.1. The summed E-state index contributed by atoms with van der Waals surface area (Å²) in [6, 6.07) is 0.708. The number of nitrogens with one attached hydrogen (secondary N) is 1. The number of hydrogen-bond acceptors (Lipinski definition) is 3. The molecule has 0 spiro atoms. The van der Waals surface area contributed by atoms with E-state index in [2.05, 4.69) is 5.32 Å². The molecule has 0 heterocycles. The SMILES string of the molecule is CN(C(=O)CNC1CCC(C(=O)O)CC1)C1CCCCC1. The molecule has 0 saturated heterocycles. The Bertz CT molecular complexity index is 359. The highest BCUT2D eigenvalue weighted by atomic mass is 16.4. The summed E-state index contributed by atoms with van der Waals surface area (Å²) in [7, 11) is 1.92. The van der Waals surface area contributed by atoms with Crippen LogP contribution in [0.15, 0.2) is 0 Å². The van der Waals surface area contributed by atoms with Crippen molar-refractivity contribution in [3.63, 3.8) is 0 Å². The van der Waals surface area contributed by atoms with Gasteiger partial charge in [-0.1, -0.05) is 19.3 Å². The zero-order chi connectivity index (χ0) is 15.2. The van der Waals surface area contributed by atoms with E-state index < -0.39 is 5.97 Å². The predicted molar refractivity (Wildman–Crippen MR) is 81.0 cm³/mol. The number of carboxylic acid groups (broad SMARTS) is 1. The lowest BCUT2D eigenvalue weighted by Gasteiger charge is -2.32. The molecule has 2 aliphatic carbocycles. The highest BCUT2D eigenvalue weighted by molar-refractivity contribution is 5.78. The van der Waals surface area contributed by atoms with Crippen molar-refractivity contribution in [3.05, 3.63) is 0 Å². The average molecular weight is 296 g/mol. The second kappa shape index (κ2) is 7.78. The molecule has 0 aromatic carbocycles. The Labute approximate surface area is 127 Å². The molecule has 0 radical (unpaired) electrons. The zero-order valence-corrected chi connectivity index (χ0v) is 13.0. The van der Waals surface area contributed by atoms with Crippen molar-refractivity contribution in [3.8, 4) is 0 Å². The molecule has 2 fully saturated rings. The minimum Gasteiger partial charge on any atom is -0.481 e. The number of carboxylic acids is 1. The quantitative estimate of drug-likeness (QED) is 0.814. The Balaban J connectivity index is 1.68. The third-order valence-corrected chi connectivity index (χ3v) is 5.13. The molecule has 2 aliphatic rings. The maximum atomic E-state index is 12.2. The normalized spacial score (nSPS) is 27.3. The van der Waals surface area contributed by atoms with Gasteiger partial charge in [-0.2, -0.15) is 0 Å². The molecule has 0 atom stereocenters. The molecule has 2 N–H and O–H groups in total. The van der Waals surface area contributed by atoms with Gasteiger partial charge in [-0.05, 0) is 38.5 Å². The Morgan fingerprint density at radius 2 is 1.67 bits per heavy atom. The van der Waals surface area contributed by atoms with Crippen molar-refractivity contribution >= 4 is 11.9 Å². The smallest absolute Gasteiger partial charge is 0.306 e. The molecular formula is C16H28N2O3. The third-order valence-electron chi connectivity index (χ3n) is 5.13. The summed E-state index contributed by atoms with van der Waals surface area (Å²) in [4.78, 5) is 25.0. The third kappa shape index (κ3) is 4.70. The number of likely N-dealkylation sites (N-methyl/N-ethyl adjacent to an activating group) is 1. The van der Waals surface area contributed by atoms with Crippen molar-refractivity contribution in [2.75, 3.05) is 13.6 Å². The van der Waals surface area contributed by atoms with E-state index in [0.29, 0.717) is 18.6 Å². The molecule has 21 heavy (non-hydrogen) atoms. The molecular weight excluding hydrogens is 268 g/mol. The van der Waals surface area contributed by atoms with Crippen LogP contribution in [0.5, 0.6) is 0 Å². The van der Waals surface area contributed by atoms with Gasteiger partial charge < -0.3 is 15.3 Å². The molecule has 0 bridgehead atoms. The number of nitrogens with zero attached hydrogens (tertiary/aromatic N) is 1. The van der Waals surface area contributed by atoms with E-state index in [0.717, 1.165) is 38.5 Å². The monoisotopic (exact) mass is 296 g/mol. The fourth-order valence-electron chi connectivity index (χ4n) is 3.57. The van der Waals surface area contributed by atoms with Crippen LogP contribution in [0.1, 0.15) is 57.8 Å². The Hall–Kier alpha value is -1.10. The van der Waals surface area contributed by atoms with Crippen LogP contribution in [-0.2, 0) is 9.59 Å². The van der Waals surface area contributed by atoms with Gasteiger partial charge in [0.1, 0.15) is 0 Å². The summed E-state index contributed by atoms with van der Waals surface area (Å²) in [6.07, 6.45) is 9.18. The first kappa shape index (κ1) is 16.3.